The van der Waals surface area contributed by atoms with Crippen LogP contribution in [-0.4, -0.2) is 44.5 Å². The van der Waals surface area contributed by atoms with E-state index in [9.17, 15) is 18.0 Å². The van der Waals surface area contributed by atoms with Gasteiger partial charge in [0.2, 0.25) is 0 Å². The zero-order valence-electron chi connectivity index (χ0n) is 17.9. The molecule has 1 fully saturated rings. The minimum atomic E-state index is -4.54. The van der Waals surface area contributed by atoms with Crippen LogP contribution in [0.25, 0.3) is 11.3 Å². The van der Waals surface area contributed by atoms with Crippen LogP contribution in [0.15, 0.2) is 61.2 Å². The maximum Gasteiger partial charge on any atom is 0.433 e. The first-order valence-electron chi connectivity index (χ1n) is 10.6. The summed E-state index contributed by atoms with van der Waals surface area (Å²) in [5.74, 6) is -0.892. The Bertz CT molecular complexity index is 1110. The van der Waals surface area contributed by atoms with E-state index in [1.807, 2.05) is 0 Å². The predicted octanol–water partition coefficient (Wildman–Crippen LogP) is 5.31. The number of carbonyl (C=O) groups excluding carboxylic acids is 1. The molecule has 1 amide bonds. The molecule has 0 aliphatic carbocycles. The molecule has 1 atom stereocenters. The second kappa shape index (κ2) is 8.88. The van der Waals surface area contributed by atoms with Crippen molar-refractivity contribution in [1.29, 1.82) is 0 Å². The Balaban J connectivity index is 1.47. The van der Waals surface area contributed by atoms with Gasteiger partial charge in [-0.25, -0.2) is 4.39 Å². The molecule has 4 rings (SSSR count). The molecule has 0 radical (unpaired) electrons. The summed E-state index contributed by atoms with van der Waals surface area (Å²) in [6, 6.07) is 9.05. The van der Waals surface area contributed by atoms with Gasteiger partial charge in [-0.05, 0) is 48.7 Å². The molecular formula is C24H22F4N4O. The van der Waals surface area contributed by atoms with E-state index in [0.717, 1.165) is 17.8 Å². The molecule has 9 heteroatoms. The first kappa shape index (κ1) is 22.8. The number of rotatable bonds is 4. The number of hydrogen-bond acceptors (Lipinski definition) is 4. The van der Waals surface area contributed by atoms with Gasteiger partial charge in [-0.2, -0.15) is 13.2 Å². The van der Waals surface area contributed by atoms with Crippen LogP contribution in [0.5, 0.6) is 0 Å². The number of halogens is 4. The van der Waals surface area contributed by atoms with Gasteiger partial charge in [-0.3, -0.25) is 19.7 Å². The molecule has 5 nitrogen and oxygen atoms in total. The standard InChI is InChI=1S/C24H22F4N4O/c1-16(18-4-5-20(31-15-18)24(26,27)28)23(25)8-13-32(14-9-23)22(33)19-3-2-10-30-21(19)17-6-11-29-12-7-17/h2-7,10-12,15-16H,8-9,13-14H2,1H3/t16-/m1/s1. The van der Waals surface area contributed by atoms with E-state index in [1.54, 1.807) is 54.7 Å². The third-order valence-electron chi connectivity index (χ3n) is 6.23. The van der Waals surface area contributed by atoms with Crippen LogP contribution in [0.2, 0.25) is 0 Å². The molecule has 0 bridgehead atoms. The largest absolute Gasteiger partial charge is 0.433 e. The molecule has 0 spiro atoms. The van der Waals surface area contributed by atoms with Crippen LogP contribution in [-0.2, 0) is 6.18 Å². The number of alkyl halides is 4. The van der Waals surface area contributed by atoms with Crippen molar-refractivity contribution in [2.24, 2.45) is 0 Å². The first-order chi connectivity index (χ1) is 15.7. The number of piperidine rings is 1. The van der Waals surface area contributed by atoms with Crippen molar-refractivity contribution in [1.82, 2.24) is 19.9 Å². The SMILES string of the molecule is C[C@H](c1ccc(C(F)(F)F)nc1)C1(F)CCN(C(=O)c2cccnc2-c2ccncc2)CC1. The van der Waals surface area contributed by atoms with E-state index in [2.05, 4.69) is 15.0 Å². The Kier molecular flexibility index (Phi) is 6.14. The fourth-order valence-corrected chi connectivity index (χ4v) is 4.13. The zero-order valence-corrected chi connectivity index (χ0v) is 17.9. The van der Waals surface area contributed by atoms with Crippen molar-refractivity contribution >= 4 is 5.91 Å². The Labute approximate surface area is 188 Å². The predicted molar refractivity (Wildman–Crippen MR) is 114 cm³/mol. The maximum atomic E-state index is 15.8. The van der Waals surface area contributed by atoms with E-state index in [4.69, 9.17) is 0 Å². The van der Waals surface area contributed by atoms with Crippen LogP contribution < -0.4 is 0 Å². The van der Waals surface area contributed by atoms with Crippen molar-refractivity contribution in [3.63, 3.8) is 0 Å². The Morgan fingerprint density at radius 3 is 2.33 bits per heavy atom. The van der Waals surface area contributed by atoms with E-state index < -0.39 is 23.5 Å². The molecule has 3 aromatic heterocycles. The number of amides is 1. The third kappa shape index (κ3) is 4.72. The van der Waals surface area contributed by atoms with Crippen molar-refractivity contribution in [3.8, 4) is 11.3 Å². The number of aromatic nitrogens is 3. The van der Waals surface area contributed by atoms with Gasteiger partial charge in [-0.1, -0.05) is 13.0 Å². The summed E-state index contributed by atoms with van der Waals surface area (Å²) < 4.78 is 54.1. The molecule has 172 valence electrons. The minimum absolute atomic E-state index is 0.0752. The number of pyridine rings is 3. The van der Waals surface area contributed by atoms with Gasteiger partial charge < -0.3 is 4.90 Å². The van der Waals surface area contributed by atoms with Crippen molar-refractivity contribution < 1.29 is 22.4 Å². The molecule has 0 unspecified atom stereocenters. The third-order valence-corrected chi connectivity index (χ3v) is 6.23. The van der Waals surface area contributed by atoms with Crippen LogP contribution in [0.3, 0.4) is 0 Å². The number of nitrogens with zero attached hydrogens (tertiary/aromatic N) is 4. The lowest BCUT2D eigenvalue weighted by Crippen LogP contribution is -2.47. The molecule has 1 aliphatic rings. The van der Waals surface area contributed by atoms with Gasteiger partial charge in [0.25, 0.3) is 5.91 Å². The van der Waals surface area contributed by atoms with Gasteiger partial charge in [0.05, 0.1) is 11.3 Å². The molecule has 1 saturated heterocycles. The highest BCUT2D eigenvalue weighted by molar-refractivity contribution is 5.99. The molecule has 33 heavy (non-hydrogen) atoms. The Hall–Kier alpha value is -3.36. The quantitative estimate of drug-likeness (QED) is 0.498. The summed E-state index contributed by atoms with van der Waals surface area (Å²) >= 11 is 0. The van der Waals surface area contributed by atoms with Crippen molar-refractivity contribution in [3.05, 3.63) is 78.0 Å². The summed E-state index contributed by atoms with van der Waals surface area (Å²) in [5.41, 5.74) is -0.539. The minimum Gasteiger partial charge on any atom is -0.338 e. The average Bonchev–Trinajstić information content (AvgIpc) is 2.84. The van der Waals surface area contributed by atoms with E-state index in [0.29, 0.717) is 16.8 Å². The highest BCUT2D eigenvalue weighted by Crippen LogP contribution is 2.40. The fraction of sp³-hybridized carbons (Fsp3) is 0.333. The lowest BCUT2D eigenvalue weighted by atomic mass is 9.78. The highest BCUT2D eigenvalue weighted by atomic mass is 19.4. The summed E-state index contributed by atoms with van der Waals surface area (Å²) in [4.78, 5) is 26.6. The molecule has 0 N–H and O–H groups in total. The smallest absolute Gasteiger partial charge is 0.338 e. The molecular weight excluding hydrogens is 436 g/mol. The monoisotopic (exact) mass is 458 g/mol. The molecule has 4 heterocycles. The van der Waals surface area contributed by atoms with Crippen molar-refractivity contribution in [2.45, 2.75) is 37.5 Å². The van der Waals surface area contributed by atoms with Gasteiger partial charge in [0, 0.05) is 49.4 Å². The average molecular weight is 458 g/mol. The lowest BCUT2D eigenvalue weighted by molar-refractivity contribution is -0.141. The normalized spacial score (nSPS) is 16.9. The van der Waals surface area contributed by atoms with E-state index in [1.165, 1.54) is 6.07 Å². The topological polar surface area (TPSA) is 59.0 Å². The first-order valence-corrected chi connectivity index (χ1v) is 10.6. The summed E-state index contributed by atoms with van der Waals surface area (Å²) in [5, 5.41) is 0. The fourth-order valence-electron chi connectivity index (χ4n) is 4.13. The van der Waals surface area contributed by atoms with Crippen molar-refractivity contribution in [2.75, 3.05) is 13.1 Å². The van der Waals surface area contributed by atoms with Crippen LogP contribution >= 0.6 is 0 Å². The summed E-state index contributed by atoms with van der Waals surface area (Å²) in [7, 11) is 0. The van der Waals surface area contributed by atoms with E-state index >= 15 is 4.39 Å². The number of carbonyl (C=O) groups is 1. The maximum absolute atomic E-state index is 15.8. The highest BCUT2D eigenvalue weighted by Gasteiger charge is 2.42. The Morgan fingerprint density at radius 2 is 1.73 bits per heavy atom. The Morgan fingerprint density at radius 1 is 1.03 bits per heavy atom. The second-order valence-electron chi connectivity index (χ2n) is 8.16. The second-order valence-corrected chi connectivity index (χ2v) is 8.16. The van der Waals surface area contributed by atoms with Crippen LogP contribution in [0.4, 0.5) is 17.6 Å². The zero-order chi connectivity index (χ0) is 23.6. The van der Waals surface area contributed by atoms with Gasteiger partial charge in [0.1, 0.15) is 11.4 Å². The molecule has 1 aliphatic heterocycles. The van der Waals surface area contributed by atoms with Crippen LogP contribution in [0, 0.1) is 0 Å². The van der Waals surface area contributed by atoms with Gasteiger partial charge in [-0.15, -0.1) is 0 Å². The molecule has 3 aromatic rings. The molecule has 0 saturated carbocycles. The lowest BCUT2D eigenvalue weighted by Gasteiger charge is -2.40. The van der Waals surface area contributed by atoms with Crippen LogP contribution in [0.1, 0.15) is 47.3 Å². The number of likely N-dealkylation sites (tertiary alicyclic amines) is 1. The molecule has 0 aromatic carbocycles. The number of hydrogen-bond donors (Lipinski definition) is 0. The summed E-state index contributed by atoms with van der Waals surface area (Å²) in [6.45, 7) is 2.03. The van der Waals surface area contributed by atoms with Gasteiger partial charge in [0.15, 0.2) is 0 Å². The van der Waals surface area contributed by atoms with E-state index in [-0.39, 0.29) is 31.8 Å². The summed E-state index contributed by atoms with van der Waals surface area (Å²) in [6.07, 6.45) is 1.54. The van der Waals surface area contributed by atoms with Gasteiger partial charge >= 0.3 is 6.18 Å².